The van der Waals surface area contributed by atoms with E-state index in [4.69, 9.17) is 21.1 Å². The van der Waals surface area contributed by atoms with Gasteiger partial charge < -0.3 is 14.8 Å². The highest BCUT2D eigenvalue weighted by Crippen LogP contribution is 2.22. The highest BCUT2D eigenvalue weighted by atomic mass is 35.5. The molecule has 1 N–H and O–H groups in total. The Labute approximate surface area is 151 Å². The minimum Gasteiger partial charge on any atom is -0.481 e. The summed E-state index contributed by atoms with van der Waals surface area (Å²) in [6.45, 7) is 4.97. The van der Waals surface area contributed by atoms with Crippen LogP contribution >= 0.6 is 11.6 Å². The number of anilines is 1. The number of nitrogens with one attached hydrogen (secondary N) is 1. The fraction of sp³-hybridized carbons (Fsp3) is 0.278. The van der Waals surface area contributed by atoms with Gasteiger partial charge in [0.2, 0.25) is 0 Å². The van der Waals surface area contributed by atoms with Gasteiger partial charge in [-0.25, -0.2) is 9.78 Å². The van der Waals surface area contributed by atoms with Crippen LogP contribution in [0.5, 0.6) is 5.75 Å². The number of hydrogen-bond donors (Lipinski definition) is 1. The Morgan fingerprint density at radius 2 is 1.88 bits per heavy atom. The third kappa shape index (κ3) is 5.19. The third-order valence-corrected chi connectivity index (χ3v) is 3.74. The Kier molecular flexibility index (Phi) is 6.36. The first-order valence-electron chi connectivity index (χ1n) is 7.68. The molecule has 132 valence electrons. The van der Waals surface area contributed by atoms with Gasteiger partial charge in [-0.2, -0.15) is 0 Å². The number of aromatic nitrogens is 1. The summed E-state index contributed by atoms with van der Waals surface area (Å²) in [5, 5.41) is 2.72. The van der Waals surface area contributed by atoms with E-state index in [-0.39, 0.29) is 11.8 Å². The first-order chi connectivity index (χ1) is 11.9. The van der Waals surface area contributed by atoms with Gasteiger partial charge in [0, 0.05) is 6.20 Å². The number of esters is 1. The summed E-state index contributed by atoms with van der Waals surface area (Å²) < 4.78 is 10.6. The molecule has 1 atom stereocenters. The van der Waals surface area contributed by atoms with E-state index in [0.717, 1.165) is 11.1 Å². The lowest BCUT2D eigenvalue weighted by atomic mass is 10.1. The van der Waals surface area contributed by atoms with Gasteiger partial charge in [0.15, 0.2) is 17.9 Å². The zero-order chi connectivity index (χ0) is 18.4. The van der Waals surface area contributed by atoms with Gasteiger partial charge in [-0.15, -0.1) is 0 Å². The Bertz CT molecular complexity index is 759. The van der Waals surface area contributed by atoms with E-state index >= 15 is 0 Å². The number of ether oxygens (including phenoxy) is 2. The number of carbonyl (C=O) groups excluding carboxylic acids is 2. The van der Waals surface area contributed by atoms with E-state index in [2.05, 4.69) is 10.3 Å². The number of pyridine rings is 1. The predicted molar refractivity (Wildman–Crippen MR) is 94.8 cm³/mol. The molecule has 1 heterocycles. The molecule has 0 unspecified atom stereocenters. The minimum atomic E-state index is -0.995. The summed E-state index contributed by atoms with van der Waals surface area (Å²) in [4.78, 5) is 27.8. The Hall–Kier alpha value is -2.60. The van der Waals surface area contributed by atoms with Crippen molar-refractivity contribution in [1.82, 2.24) is 4.98 Å². The molecule has 7 heteroatoms. The van der Waals surface area contributed by atoms with Gasteiger partial charge in [-0.3, -0.25) is 4.79 Å². The van der Waals surface area contributed by atoms with Crippen LogP contribution in [-0.2, 0) is 14.3 Å². The smallest absolute Gasteiger partial charge is 0.344 e. The summed E-state index contributed by atoms with van der Waals surface area (Å²) in [6.07, 6.45) is 0.511. The Morgan fingerprint density at radius 3 is 2.52 bits per heavy atom. The topological polar surface area (TPSA) is 77.5 Å². The second kappa shape index (κ2) is 8.48. The molecular formula is C18H19ClN2O4. The highest BCUT2D eigenvalue weighted by Gasteiger charge is 2.19. The first-order valence-corrected chi connectivity index (χ1v) is 8.06. The van der Waals surface area contributed by atoms with Gasteiger partial charge in [0.05, 0.1) is 5.69 Å². The molecule has 0 aliphatic rings. The molecule has 0 radical (unpaired) electrons. The van der Waals surface area contributed by atoms with Crippen molar-refractivity contribution in [2.75, 3.05) is 11.9 Å². The number of benzene rings is 1. The van der Waals surface area contributed by atoms with E-state index in [0.29, 0.717) is 11.4 Å². The van der Waals surface area contributed by atoms with Crippen molar-refractivity contribution in [3.8, 4) is 5.75 Å². The van der Waals surface area contributed by atoms with Crippen LogP contribution in [0.25, 0.3) is 0 Å². The van der Waals surface area contributed by atoms with E-state index in [1.807, 2.05) is 32.0 Å². The van der Waals surface area contributed by atoms with Crippen LogP contribution < -0.4 is 10.1 Å². The molecule has 1 aromatic carbocycles. The lowest BCUT2D eigenvalue weighted by molar-refractivity contribution is -0.155. The van der Waals surface area contributed by atoms with Gasteiger partial charge in [0.1, 0.15) is 5.75 Å². The van der Waals surface area contributed by atoms with Crippen LogP contribution in [0.1, 0.15) is 18.1 Å². The Balaban J connectivity index is 1.87. The van der Waals surface area contributed by atoms with Gasteiger partial charge in [-0.1, -0.05) is 29.8 Å². The fourth-order valence-electron chi connectivity index (χ4n) is 2.16. The SMILES string of the molecule is Cc1cccc(C)c1OCC(=O)O[C@H](C)C(=O)Nc1cccnc1Cl. The Morgan fingerprint density at radius 1 is 1.20 bits per heavy atom. The van der Waals surface area contributed by atoms with Crippen molar-refractivity contribution >= 4 is 29.2 Å². The first kappa shape index (κ1) is 18.7. The second-order valence-electron chi connectivity index (χ2n) is 5.47. The molecule has 1 amide bonds. The average molecular weight is 363 g/mol. The lowest BCUT2D eigenvalue weighted by Crippen LogP contribution is -2.31. The van der Waals surface area contributed by atoms with Crippen molar-refractivity contribution in [2.24, 2.45) is 0 Å². The van der Waals surface area contributed by atoms with Crippen molar-refractivity contribution in [3.63, 3.8) is 0 Å². The van der Waals surface area contributed by atoms with Crippen LogP contribution in [-0.4, -0.2) is 29.6 Å². The fourth-order valence-corrected chi connectivity index (χ4v) is 2.32. The van der Waals surface area contributed by atoms with E-state index in [1.54, 1.807) is 12.1 Å². The quantitative estimate of drug-likeness (QED) is 0.630. The van der Waals surface area contributed by atoms with Gasteiger partial charge in [-0.05, 0) is 44.0 Å². The molecule has 1 aromatic heterocycles. The van der Waals surface area contributed by atoms with Crippen LogP contribution in [0.2, 0.25) is 5.15 Å². The van der Waals surface area contributed by atoms with Crippen LogP contribution in [0, 0.1) is 13.8 Å². The monoisotopic (exact) mass is 362 g/mol. The molecule has 0 spiro atoms. The standard InChI is InChI=1S/C18H19ClN2O4/c1-11-6-4-7-12(2)16(11)24-10-15(22)25-13(3)18(23)21-14-8-5-9-20-17(14)19/h4-9,13H,10H2,1-3H3,(H,21,23)/t13-/m1/s1. The van der Waals surface area contributed by atoms with Crippen LogP contribution in [0.15, 0.2) is 36.5 Å². The number of halogens is 1. The summed E-state index contributed by atoms with van der Waals surface area (Å²) in [5.41, 5.74) is 2.19. The molecule has 25 heavy (non-hydrogen) atoms. The number of amides is 1. The maximum atomic E-state index is 12.1. The van der Waals surface area contributed by atoms with Crippen molar-refractivity contribution in [3.05, 3.63) is 52.8 Å². The molecular weight excluding hydrogens is 344 g/mol. The maximum Gasteiger partial charge on any atom is 0.344 e. The number of hydrogen-bond acceptors (Lipinski definition) is 5. The molecule has 6 nitrogen and oxygen atoms in total. The average Bonchev–Trinajstić information content (AvgIpc) is 2.56. The number of rotatable bonds is 6. The summed E-state index contributed by atoms with van der Waals surface area (Å²) >= 11 is 5.87. The molecule has 0 aliphatic carbocycles. The van der Waals surface area contributed by atoms with E-state index in [9.17, 15) is 9.59 Å². The second-order valence-corrected chi connectivity index (χ2v) is 5.83. The summed E-state index contributed by atoms with van der Waals surface area (Å²) in [7, 11) is 0. The molecule has 0 bridgehead atoms. The molecule has 2 aromatic rings. The molecule has 0 aliphatic heterocycles. The minimum absolute atomic E-state index is 0.160. The van der Waals surface area contributed by atoms with E-state index < -0.39 is 18.0 Å². The van der Waals surface area contributed by atoms with Crippen molar-refractivity contribution < 1.29 is 19.1 Å². The maximum absolute atomic E-state index is 12.1. The van der Waals surface area contributed by atoms with Crippen molar-refractivity contribution in [2.45, 2.75) is 26.9 Å². The molecule has 2 rings (SSSR count). The normalized spacial score (nSPS) is 11.5. The zero-order valence-corrected chi connectivity index (χ0v) is 15.0. The summed E-state index contributed by atoms with van der Waals surface area (Å²) in [6, 6.07) is 8.93. The van der Waals surface area contributed by atoms with Crippen LogP contribution in [0.4, 0.5) is 5.69 Å². The van der Waals surface area contributed by atoms with Gasteiger partial charge >= 0.3 is 5.97 Å². The number of aryl methyl sites for hydroxylation is 2. The van der Waals surface area contributed by atoms with Crippen LogP contribution in [0.3, 0.4) is 0 Å². The predicted octanol–water partition coefficient (Wildman–Crippen LogP) is 3.30. The van der Waals surface area contributed by atoms with Gasteiger partial charge in [0.25, 0.3) is 5.91 Å². The molecule has 0 saturated heterocycles. The third-order valence-electron chi connectivity index (χ3n) is 3.44. The number of nitrogens with zero attached hydrogens (tertiary/aromatic N) is 1. The number of carbonyl (C=O) groups is 2. The zero-order valence-electron chi connectivity index (χ0n) is 14.2. The summed E-state index contributed by atoms with van der Waals surface area (Å²) in [5.74, 6) is -0.503. The molecule has 0 fully saturated rings. The number of para-hydroxylation sites is 1. The molecule has 0 saturated carbocycles. The highest BCUT2D eigenvalue weighted by molar-refractivity contribution is 6.32. The lowest BCUT2D eigenvalue weighted by Gasteiger charge is -2.15. The van der Waals surface area contributed by atoms with E-state index in [1.165, 1.54) is 13.1 Å². The van der Waals surface area contributed by atoms with Crippen molar-refractivity contribution in [1.29, 1.82) is 0 Å². The largest absolute Gasteiger partial charge is 0.481 e.